The van der Waals surface area contributed by atoms with E-state index in [9.17, 15) is 18.0 Å². The number of benzene rings is 1. The van der Waals surface area contributed by atoms with E-state index in [2.05, 4.69) is 25.5 Å². The number of aromatic amines is 1. The lowest BCUT2D eigenvalue weighted by molar-refractivity contribution is -0.140. The summed E-state index contributed by atoms with van der Waals surface area (Å²) in [5.41, 5.74) is 6.10. The fraction of sp³-hybridized carbons (Fsp3) is 0.238. The van der Waals surface area contributed by atoms with E-state index in [1.165, 1.54) is 29.2 Å². The molecule has 1 atom stereocenters. The number of alkyl halides is 3. The Morgan fingerprint density at radius 3 is 2.82 bits per heavy atom. The number of hydrogen-bond acceptors (Lipinski definition) is 6. The number of nitrogens with zero attached hydrogens (tertiary/aromatic N) is 5. The van der Waals surface area contributed by atoms with Gasteiger partial charge in [-0.15, -0.1) is 0 Å². The number of amides is 1. The highest BCUT2D eigenvalue weighted by Crippen LogP contribution is 2.36. The van der Waals surface area contributed by atoms with Gasteiger partial charge in [0.1, 0.15) is 0 Å². The lowest BCUT2D eigenvalue weighted by Gasteiger charge is -2.17. The number of H-pyrrole nitrogens is 1. The summed E-state index contributed by atoms with van der Waals surface area (Å²) in [7, 11) is 0. The molecule has 3 aromatic heterocycles. The average molecular weight is 491 g/mol. The first-order valence-corrected chi connectivity index (χ1v) is 10.6. The van der Waals surface area contributed by atoms with Gasteiger partial charge in [0.25, 0.3) is 5.91 Å². The van der Waals surface area contributed by atoms with E-state index in [0.29, 0.717) is 35.8 Å². The number of halogens is 4. The number of nitrogens with one attached hydrogen (secondary N) is 2. The van der Waals surface area contributed by atoms with Crippen LogP contribution in [-0.4, -0.2) is 54.5 Å². The number of nitrogens with two attached hydrogens (primary N) is 1. The number of hydrogen-bond donors (Lipinski definition) is 3. The Morgan fingerprint density at radius 2 is 2.12 bits per heavy atom. The van der Waals surface area contributed by atoms with E-state index in [1.54, 1.807) is 23.1 Å². The molecule has 1 aliphatic rings. The lowest BCUT2D eigenvalue weighted by atomic mass is 10.1. The first-order valence-electron chi connectivity index (χ1n) is 10.3. The molecule has 0 saturated carbocycles. The second-order valence-electron chi connectivity index (χ2n) is 7.88. The highest BCUT2D eigenvalue weighted by molar-refractivity contribution is 6.34. The van der Waals surface area contributed by atoms with Gasteiger partial charge in [0.15, 0.2) is 17.2 Å². The van der Waals surface area contributed by atoms with E-state index >= 15 is 0 Å². The largest absolute Gasteiger partial charge is 0.435 e. The molecule has 0 bridgehead atoms. The summed E-state index contributed by atoms with van der Waals surface area (Å²) < 4.78 is 41.4. The summed E-state index contributed by atoms with van der Waals surface area (Å²) in [5.74, 6) is 0.106. The average Bonchev–Trinajstić information content (AvgIpc) is 3.52. The van der Waals surface area contributed by atoms with Gasteiger partial charge in [0.05, 0.1) is 28.0 Å². The summed E-state index contributed by atoms with van der Waals surface area (Å²) in [6, 6.07) is 4.82. The van der Waals surface area contributed by atoms with Crippen molar-refractivity contribution in [1.82, 2.24) is 29.5 Å². The minimum Gasteiger partial charge on any atom is -0.337 e. The molecule has 0 aliphatic carbocycles. The standard InChI is InChI=1S/C21H18ClF3N8O/c22-15-7-12(1-2-13(15)20(34)32-5-3-11(26)10-32)30-18-19-28-9-16(33(19)6-4-27-18)14-8-29-31-17(14)21(23,24)25/h1-2,4,6-9,11H,3,5,10,26H2,(H,27,30)(H,29,31)/t11-/m0/s1. The molecule has 4 N–H and O–H groups in total. The summed E-state index contributed by atoms with van der Waals surface area (Å²) in [6.45, 7) is 1.06. The van der Waals surface area contributed by atoms with Crippen LogP contribution in [0.3, 0.4) is 0 Å². The van der Waals surface area contributed by atoms with Gasteiger partial charge in [-0.1, -0.05) is 11.6 Å². The number of rotatable bonds is 4. The minimum atomic E-state index is -4.62. The second-order valence-corrected chi connectivity index (χ2v) is 8.28. The van der Waals surface area contributed by atoms with E-state index in [4.69, 9.17) is 17.3 Å². The Hall–Kier alpha value is -3.64. The molecule has 0 unspecified atom stereocenters. The maximum Gasteiger partial charge on any atom is 0.435 e. The molecule has 0 radical (unpaired) electrons. The Kier molecular flexibility index (Phi) is 5.41. The predicted molar refractivity (Wildman–Crippen MR) is 119 cm³/mol. The summed E-state index contributed by atoms with van der Waals surface area (Å²) in [5, 5.41) is 8.90. The molecule has 34 heavy (non-hydrogen) atoms. The topological polar surface area (TPSA) is 117 Å². The zero-order valence-corrected chi connectivity index (χ0v) is 18.2. The number of likely N-dealkylation sites (tertiary alicyclic amines) is 1. The first kappa shape index (κ1) is 22.2. The van der Waals surface area contributed by atoms with Crippen molar-refractivity contribution in [2.75, 3.05) is 18.4 Å². The predicted octanol–water partition coefficient (Wildman–Crippen LogP) is 3.71. The SMILES string of the molecule is N[C@H]1CCN(C(=O)c2ccc(Nc3nccn4c(-c5c[nH]nc5C(F)(F)F)cnc34)cc2Cl)C1. The van der Waals surface area contributed by atoms with Crippen molar-refractivity contribution >= 4 is 34.7 Å². The molecule has 9 nitrogen and oxygen atoms in total. The first-order chi connectivity index (χ1) is 16.2. The molecule has 176 valence electrons. The Morgan fingerprint density at radius 1 is 1.29 bits per heavy atom. The quantitative estimate of drug-likeness (QED) is 0.401. The van der Waals surface area contributed by atoms with E-state index < -0.39 is 11.9 Å². The van der Waals surface area contributed by atoms with E-state index in [1.807, 2.05) is 0 Å². The highest BCUT2D eigenvalue weighted by Gasteiger charge is 2.37. The van der Waals surface area contributed by atoms with Crippen molar-refractivity contribution in [3.8, 4) is 11.3 Å². The Balaban J connectivity index is 1.44. The van der Waals surface area contributed by atoms with Crippen molar-refractivity contribution in [3.63, 3.8) is 0 Å². The van der Waals surface area contributed by atoms with Crippen LogP contribution in [0.1, 0.15) is 22.5 Å². The van der Waals surface area contributed by atoms with Gasteiger partial charge in [-0.05, 0) is 24.6 Å². The van der Waals surface area contributed by atoms with Crippen molar-refractivity contribution in [1.29, 1.82) is 0 Å². The number of imidazole rings is 1. The maximum atomic E-state index is 13.3. The third kappa shape index (κ3) is 3.94. The van der Waals surface area contributed by atoms with Gasteiger partial charge in [-0.3, -0.25) is 14.3 Å². The van der Waals surface area contributed by atoms with Crippen LogP contribution in [0.4, 0.5) is 24.7 Å². The maximum absolute atomic E-state index is 13.3. The van der Waals surface area contributed by atoms with Crippen LogP contribution in [0.15, 0.2) is 43.0 Å². The molecule has 5 rings (SSSR count). The normalized spacial score (nSPS) is 16.4. The van der Waals surface area contributed by atoms with Gasteiger partial charge in [0.2, 0.25) is 0 Å². The van der Waals surface area contributed by atoms with E-state index in [-0.39, 0.29) is 28.2 Å². The van der Waals surface area contributed by atoms with Gasteiger partial charge in [-0.25, -0.2) is 9.97 Å². The molecular weight excluding hydrogens is 473 g/mol. The molecular formula is C21H18ClF3N8O. The van der Waals surface area contributed by atoms with E-state index in [0.717, 1.165) is 6.42 Å². The van der Waals surface area contributed by atoms with Crippen LogP contribution < -0.4 is 11.1 Å². The molecule has 4 aromatic rings. The Bertz CT molecular complexity index is 1380. The molecule has 1 aromatic carbocycles. The van der Waals surface area contributed by atoms with Gasteiger partial charge < -0.3 is 16.0 Å². The van der Waals surface area contributed by atoms with Crippen molar-refractivity contribution in [2.24, 2.45) is 5.73 Å². The number of anilines is 2. The molecule has 4 heterocycles. The molecule has 1 fully saturated rings. The molecule has 1 amide bonds. The summed E-state index contributed by atoms with van der Waals surface area (Å²) in [6.07, 6.45) is 1.55. The Labute approximate surface area is 195 Å². The highest BCUT2D eigenvalue weighted by atomic mass is 35.5. The van der Waals surface area contributed by atoms with Crippen LogP contribution >= 0.6 is 11.6 Å². The van der Waals surface area contributed by atoms with Crippen LogP contribution in [0, 0.1) is 0 Å². The fourth-order valence-corrected chi connectivity index (χ4v) is 4.21. The molecule has 0 spiro atoms. The minimum absolute atomic E-state index is 0.0380. The smallest absolute Gasteiger partial charge is 0.337 e. The third-order valence-electron chi connectivity index (χ3n) is 5.59. The van der Waals surface area contributed by atoms with Gasteiger partial charge in [-0.2, -0.15) is 18.3 Å². The number of carbonyl (C=O) groups excluding carboxylic acids is 1. The monoisotopic (exact) mass is 490 g/mol. The van der Waals surface area contributed by atoms with Crippen LogP contribution in [0.5, 0.6) is 0 Å². The van der Waals surface area contributed by atoms with Crippen LogP contribution in [0.2, 0.25) is 5.02 Å². The zero-order valence-electron chi connectivity index (χ0n) is 17.5. The summed E-state index contributed by atoms with van der Waals surface area (Å²) in [4.78, 5) is 22.9. The van der Waals surface area contributed by atoms with Crippen molar-refractivity contribution in [3.05, 3.63) is 59.3 Å². The number of aromatic nitrogens is 5. The van der Waals surface area contributed by atoms with Gasteiger partial charge >= 0.3 is 6.18 Å². The third-order valence-corrected chi connectivity index (χ3v) is 5.90. The fourth-order valence-electron chi connectivity index (χ4n) is 3.95. The summed E-state index contributed by atoms with van der Waals surface area (Å²) >= 11 is 6.38. The molecule has 13 heteroatoms. The second kappa shape index (κ2) is 8.29. The van der Waals surface area contributed by atoms with Crippen LogP contribution in [-0.2, 0) is 6.18 Å². The van der Waals surface area contributed by atoms with Crippen molar-refractivity contribution < 1.29 is 18.0 Å². The zero-order chi connectivity index (χ0) is 24.0. The molecule has 1 aliphatic heterocycles. The van der Waals surface area contributed by atoms with Gasteiger partial charge in [0, 0.05) is 43.4 Å². The van der Waals surface area contributed by atoms with Crippen LogP contribution in [0.25, 0.3) is 16.9 Å². The molecule has 1 saturated heterocycles. The number of fused-ring (bicyclic) bond motifs is 1. The van der Waals surface area contributed by atoms with Crippen molar-refractivity contribution in [2.45, 2.75) is 18.6 Å². The lowest BCUT2D eigenvalue weighted by Crippen LogP contribution is -2.32. The number of carbonyl (C=O) groups is 1.